The van der Waals surface area contributed by atoms with E-state index in [0.717, 1.165) is 17.7 Å². The number of pyridine rings is 1. The number of carbonyl (C=O) groups excluding carboxylic acids is 1. The van der Waals surface area contributed by atoms with E-state index in [1.165, 1.54) is 11.8 Å². The number of halogens is 1. The number of thioether (sulfide) groups is 1. The van der Waals surface area contributed by atoms with Gasteiger partial charge >= 0.3 is 0 Å². The minimum absolute atomic E-state index is 0.0581. The molecule has 3 rings (SSSR count). The van der Waals surface area contributed by atoms with Crippen LogP contribution in [0, 0.1) is 0 Å². The van der Waals surface area contributed by atoms with Crippen molar-refractivity contribution in [1.29, 1.82) is 0 Å². The summed E-state index contributed by atoms with van der Waals surface area (Å²) >= 11 is 7.36. The second-order valence-corrected chi connectivity index (χ2v) is 7.22. The number of amides is 1. The third-order valence-corrected chi connectivity index (χ3v) is 5.02. The zero-order chi connectivity index (χ0) is 19.8. The Morgan fingerprint density at radius 1 is 1.18 bits per heavy atom. The van der Waals surface area contributed by atoms with Crippen molar-refractivity contribution in [2.75, 3.05) is 26.0 Å². The van der Waals surface area contributed by atoms with Gasteiger partial charge in [0.05, 0.1) is 5.75 Å². The van der Waals surface area contributed by atoms with Crippen LogP contribution in [-0.2, 0) is 9.53 Å². The first kappa shape index (κ1) is 20.3. The van der Waals surface area contributed by atoms with Crippen LogP contribution in [0.2, 0.25) is 5.02 Å². The van der Waals surface area contributed by atoms with E-state index in [2.05, 4.69) is 20.5 Å². The quantitative estimate of drug-likeness (QED) is 0.425. The molecule has 0 aliphatic rings. The summed E-state index contributed by atoms with van der Waals surface area (Å²) in [5.41, 5.74) is 1.75. The fourth-order valence-corrected chi connectivity index (χ4v) is 3.41. The topological polar surface area (TPSA) is 81.9 Å². The number of hydrogen-bond acceptors (Lipinski definition) is 6. The molecule has 0 fully saturated rings. The monoisotopic (exact) mass is 417 g/mol. The van der Waals surface area contributed by atoms with Gasteiger partial charge in [0.15, 0.2) is 11.0 Å². The molecule has 1 aromatic carbocycles. The Labute approximate surface area is 172 Å². The molecule has 1 N–H and O–H groups in total. The Balaban J connectivity index is 1.80. The molecule has 0 saturated heterocycles. The Morgan fingerprint density at radius 2 is 1.93 bits per heavy atom. The maximum atomic E-state index is 12.1. The minimum Gasteiger partial charge on any atom is -0.385 e. The Bertz CT molecular complexity index is 902. The predicted octanol–water partition coefficient (Wildman–Crippen LogP) is 3.23. The SMILES string of the molecule is COCCCNC(=O)CSc1nnc(-c2ccncc2)n1-c1ccc(Cl)cc1. The summed E-state index contributed by atoms with van der Waals surface area (Å²) in [7, 11) is 1.64. The first-order valence-electron chi connectivity index (χ1n) is 8.69. The number of ether oxygens (including phenoxy) is 1. The van der Waals surface area contributed by atoms with Crippen LogP contribution in [0.25, 0.3) is 17.1 Å². The molecule has 146 valence electrons. The maximum absolute atomic E-state index is 12.1. The summed E-state index contributed by atoms with van der Waals surface area (Å²) in [5.74, 6) is 0.861. The molecule has 0 spiro atoms. The van der Waals surface area contributed by atoms with Crippen molar-refractivity contribution in [2.45, 2.75) is 11.6 Å². The van der Waals surface area contributed by atoms with Gasteiger partial charge in [-0.05, 0) is 42.8 Å². The smallest absolute Gasteiger partial charge is 0.230 e. The summed E-state index contributed by atoms with van der Waals surface area (Å²) in [6, 6.07) is 11.1. The van der Waals surface area contributed by atoms with Crippen LogP contribution < -0.4 is 5.32 Å². The molecule has 2 aromatic heterocycles. The molecule has 0 atom stereocenters. The van der Waals surface area contributed by atoms with Crippen LogP contribution >= 0.6 is 23.4 Å². The summed E-state index contributed by atoms with van der Waals surface area (Å²) < 4.78 is 6.89. The van der Waals surface area contributed by atoms with E-state index in [-0.39, 0.29) is 11.7 Å². The number of hydrogen-bond donors (Lipinski definition) is 1. The second kappa shape index (κ2) is 10.2. The summed E-state index contributed by atoms with van der Waals surface area (Å²) in [6.45, 7) is 1.20. The fourth-order valence-electron chi connectivity index (χ4n) is 2.50. The van der Waals surface area contributed by atoms with Gasteiger partial charge < -0.3 is 10.1 Å². The van der Waals surface area contributed by atoms with Gasteiger partial charge in [0, 0.05) is 48.9 Å². The van der Waals surface area contributed by atoms with Gasteiger partial charge in [0.1, 0.15) is 0 Å². The molecule has 0 aliphatic carbocycles. The van der Waals surface area contributed by atoms with Crippen LogP contribution in [0.4, 0.5) is 0 Å². The lowest BCUT2D eigenvalue weighted by Gasteiger charge is -2.10. The molecule has 3 aromatic rings. The number of carbonyl (C=O) groups is 1. The highest BCUT2D eigenvalue weighted by Crippen LogP contribution is 2.28. The van der Waals surface area contributed by atoms with Crippen LogP contribution in [0.5, 0.6) is 0 Å². The summed E-state index contributed by atoms with van der Waals surface area (Å²) in [4.78, 5) is 16.1. The normalized spacial score (nSPS) is 10.8. The molecule has 9 heteroatoms. The third-order valence-electron chi connectivity index (χ3n) is 3.84. The van der Waals surface area contributed by atoms with Crippen molar-refractivity contribution in [3.8, 4) is 17.1 Å². The van der Waals surface area contributed by atoms with Crippen molar-refractivity contribution in [1.82, 2.24) is 25.1 Å². The number of nitrogens with one attached hydrogen (secondary N) is 1. The molecule has 28 heavy (non-hydrogen) atoms. The number of rotatable bonds is 9. The molecule has 0 bridgehead atoms. The van der Waals surface area contributed by atoms with Gasteiger partial charge in [-0.2, -0.15) is 0 Å². The standard InChI is InChI=1S/C19H20ClN5O2S/c1-27-12-2-9-22-17(26)13-28-19-24-23-18(14-7-10-21-11-8-14)25(19)16-5-3-15(20)4-6-16/h3-8,10-11H,2,9,12-13H2,1H3,(H,22,26). The van der Waals surface area contributed by atoms with Crippen molar-refractivity contribution in [3.63, 3.8) is 0 Å². The van der Waals surface area contributed by atoms with E-state index in [0.29, 0.717) is 29.2 Å². The van der Waals surface area contributed by atoms with Crippen molar-refractivity contribution < 1.29 is 9.53 Å². The lowest BCUT2D eigenvalue weighted by molar-refractivity contribution is -0.118. The Kier molecular flexibility index (Phi) is 7.41. The first-order chi connectivity index (χ1) is 13.7. The van der Waals surface area contributed by atoms with Crippen LogP contribution in [0.1, 0.15) is 6.42 Å². The summed E-state index contributed by atoms with van der Waals surface area (Å²) in [5, 5.41) is 12.8. The molecule has 0 unspecified atom stereocenters. The maximum Gasteiger partial charge on any atom is 0.230 e. The molecule has 0 radical (unpaired) electrons. The number of benzene rings is 1. The summed E-state index contributed by atoms with van der Waals surface area (Å²) in [6.07, 6.45) is 4.19. The zero-order valence-corrected chi connectivity index (χ0v) is 16.9. The molecule has 7 nitrogen and oxygen atoms in total. The second-order valence-electron chi connectivity index (χ2n) is 5.84. The van der Waals surface area contributed by atoms with E-state index >= 15 is 0 Å². The average molecular weight is 418 g/mol. The minimum atomic E-state index is -0.0581. The number of aromatic nitrogens is 4. The van der Waals surface area contributed by atoms with Gasteiger partial charge in [0.2, 0.25) is 5.91 Å². The third kappa shape index (κ3) is 5.31. The van der Waals surface area contributed by atoms with Gasteiger partial charge in [-0.3, -0.25) is 14.3 Å². The Hall–Kier alpha value is -2.42. The lowest BCUT2D eigenvalue weighted by atomic mass is 10.2. The van der Waals surface area contributed by atoms with Gasteiger partial charge in [0.25, 0.3) is 0 Å². The van der Waals surface area contributed by atoms with Gasteiger partial charge in [-0.25, -0.2) is 0 Å². The molecular weight excluding hydrogens is 398 g/mol. The highest BCUT2D eigenvalue weighted by molar-refractivity contribution is 7.99. The molecular formula is C19H20ClN5O2S. The van der Waals surface area contributed by atoms with Crippen LogP contribution in [0.15, 0.2) is 53.9 Å². The van der Waals surface area contributed by atoms with Crippen LogP contribution in [0.3, 0.4) is 0 Å². The van der Waals surface area contributed by atoms with Gasteiger partial charge in [-0.1, -0.05) is 23.4 Å². The molecule has 0 saturated carbocycles. The molecule has 0 aliphatic heterocycles. The van der Waals surface area contributed by atoms with Crippen molar-refractivity contribution in [2.24, 2.45) is 0 Å². The molecule has 1 amide bonds. The van der Waals surface area contributed by atoms with E-state index < -0.39 is 0 Å². The first-order valence-corrected chi connectivity index (χ1v) is 10.1. The predicted molar refractivity (Wildman–Crippen MR) is 110 cm³/mol. The van der Waals surface area contributed by atoms with Crippen molar-refractivity contribution >= 4 is 29.3 Å². The van der Waals surface area contributed by atoms with E-state index in [1.807, 2.05) is 41.0 Å². The Morgan fingerprint density at radius 3 is 2.64 bits per heavy atom. The fraction of sp³-hybridized carbons (Fsp3) is 0.263. The zero-order valence-electron chi connectivity index (χ0n) is 15.3. The highest BCUT2D eigenvalue weighted by Gasteiger charge is 2.17. The van der Waals surface area contributed by atoms with Crippen molar-refractivity contribution in [3.05, 3.63) is 53.8 Å². The van der Waals surface area contributed by atoms with E-state index in [9.17, 15) is 4.79 Å². The van der Waals surface area contributed by atoms with E-state index in [4.69, 9.17) is 16.3 Å². The van der Waals surface area contributed by atoms with Gasteiger partial charge in [-0.15, -0.1) is 10.2 Å². The van der Waals surface area contributed by atoms with Crippen LogP contribution in [-0.4, -0.2) is 51.7 Å². The van der Waals surface area contributed by atoms with E-state index in [1.54, 1.807) is 19.5 Å². The molecule has 2 heterocycles. The lowest BCUT2D eigenvalue weighted by Crippen LogP contribution is -2.26. The average Bonchev–Trinajstić information content (AvgIpc) is 3.15. The largest absolute Gasteiger partial charge is 0.385 e. The number of methoxy groups -OCH3 is 1. The number of nitrogens with zero attached hydrogens (tertiary/aromatic N) is 4. The highest BCUT2D eigenvalue weighted by atomic mass is 35.5.